The number of rotatable bonds is 8. The van der Waals surface area contributed by atoms with E-state index in [1.807, 2.05) is 19.1 Å². The molecule has 0 unspecified atom stereocenters. The normalized spacial score (nSPS) is 14.0. The summed E-state index contributed by atoms with van der Waals surface area (Å²) in [6.45, 7) is 10.8. The summed E-state index contributed by atoms with van der Waals surface area (Å²) in [4.78, 5) is 35.9. The molecular weight excluding hydrogens is 328 g/mol. The van der Waals surface area contributed by atoms with E-state index >= 15 is 0 Å². The van der Waals surface area contributed by atoms with Crippen molar-refractivity contribution in [1.29, 1.82) is 0 Å². The van der Waals surface area contributed by atoms with Crippen molar-refractivity contribution in [1.82, 2.24) is 10.2 Å². The molecule has 1 N–H and O–H groups in total. The van der Waals surface area contributed by atoms with Crippen LogP contribution in [0.5, 0.6) is 0 Å². The molecule has 138 valence electrons. The fourth-order valence-corrected chi connectivity index (χ4v) is 2.64. The molecule has 0 bridgehead atoms. The number of hydrogen-bond donors (Lipinski definition) is 1. The van der Waals surface area contributed by atoms with Crippen LogP contribution in [0.3, 0.4) is 0 Å². The number of nitrogens with zero attached hydrogens (tertiary/aromatic N) is 1. The number of nitrogens with one attached hydrogen (secondary N) is 1. The molecule has 0 fully saturated rings. The first-order chi connectivity index (χ1) is 12.2. The van der Waals surface area contributed by atoms with Crippen LogP contribution in [0.15, 0.2) is 48.6 Å². The van der Waals surface area contributed by atoms with Crippen LogP contribution in [0.1, 0.15) is 38.3 Å². The lowest BCUT2D eigenvalue weighted by Gasteiger charge is -2.26. The predicted octanol–water partition coefficient (Wildman–Crippen LogP) is 2.51. The maximum atomic E-state index is 11.9. The van der Waals surface area contributed by atoms with Gasteiger partial charge in [0.25, 0.3) is 11.8 Å². The van der Waals surface area contributed by atoms with E-state index in [-0.39, 0.29) is 36.2 Å². The minimum atomic E-state index is -0.331. The highest BCUT2D eigenvalue weighted by Crippen LogP contribution is 2.30. The highest BCUT2D eigenvalue weighted by atomic mass is 16.2. The van der Waals surface area contributed by atoms with Crippen LogP contribution in [0.25, 0.3) is 0 Å². The number of allylic oxidation sites excluding steroid dienone is 1. The van der Waals surface area contributed by atoms with Crippen LogP contribution < -0.4 is 5.32 Å². The zero-order valence-electron chi connectivity index (χ0n) is 15.7. The van der Waals surface area contributed by atoms with Gasteiger partial charge in [0.15, 0.2) is 0 Å². The summed E-state index contributed by atoms with van der Waals surface area (Å²) in [5, 5.41) is 2.75. The van der Waals surface area contributed by atoms with Gasteiger partial charge in [-0.2, -0.15) is 0 Å². The lowest BCUT2D eigenvalue weighted by molar-refractivity contribution is -0.137. The zero-order valence-corrected chi connectivity index (χ0v) is 15.7. The molecule has 1 aromatic carbocycles. The molecule has 5 nitrogen and oxygen atoms in total. The molecular formula is C21H26N2O3. The SMILES string of the molecule is C=C(C)C(C)(C)c1ccc(CCC(=O)NCCN2C(=O)C=CC2=O)cc1. The van der Waals surface area contributed by atoms with Crippen molar-refractivity contribution in [3.8, 4) is 0 Å². The molecule has 1 aliphatic heterocycles. The molecule has 0 aliphatic carbocycles. The van der Waals surface area contributed by atoms with Crippen LogP contribution in [0, 0.1) is 0 Å². The fourth-order valence-electron chi connectivity index (χ4n) is 2.64. The van der Waals surface area contributed by atoms with E-state index in [0.717, 1.165) is 16.0 Å². The first kappa shape index (κ1) is 19.6. The maximum Gasteiger partial charge on any atom is 0.253 e. The van der Waals surface area contributed by atoms with E-state index in [9.17, 15) is 14.4 Å². The van der Waals surface area contributed by atoms with Gasteiger partial charge >= 0.3 is 0 Å². The van der Waals surface area contributed by atoms with Gasteiger partial charge in [0.05, 0.1) is 0 Å². The standard InChI is InChI=1S/C21H26N2O3/c1-15(2)21(3,4)17-8-5-16(6-9-17)7-10-18(24)22-13-14-23-19(25)11-12-20(23)26/h5-6,8-9,11-12H,1,7,10,13-14H2,2-4H3,(H,22,24). The number of carbonyl (C=O) groups excluding carboxylic acids is 3. The Kier molecular flexibility index (Phi) is 6.14. The Morgan fingerprint density at radius 3 is 2.23 bits per heavy atom. The molecule has 5 heteroatoms. The smallest absolute Gasteiger partial charge is 0.253 e. The van der Waals surface area contributed by atoms with Crippen LogP contribution in [-0.2, 0) is 26.2 Å². The predicted molar refractivity (Wildman–Crippen MR) is 101 cm³/mol. The number of carbonyl (C=O) groups is 3. The van der Waals surface area contributed by atoms with Gasteiger partial charge in [-0.3, -0.25) is 19.3 Å². The molecule has 1 heterocycles. The molecule has 0 radical (unpaired) electrons. The summed E-state index contributed by atoms with van der Waals surface area (Å²) in [6, 6.07) is 8.25. The third kappa shape index (κ3) is 4.69. The topological polar surface area (TPSA) is 66.5 Å². The van der Waals surface area contributed by atoms with Crippen molar-refractivity contribution in [2.75, 3.05) is 13.1 Å². The Labute approximate surface area is 154 Å². The van der Waals surface area contributed by atoms with Crippen LogP contribution in [-0.4, -0.2) is 35.7 Å². The van der Waals surface area contributed by atoms with Gasteiger partial charge in [-0.05, 0) is 24.5 Å². The van der Waals surface area contributed by atoms with Gasteiger partial charge in [0.2, 0.25) is 5.91 Å². The van der Waals surface area contributed by atoms with Gasteiger partial charge in [-0.15, -0.1) is 0 Å². The van der Waals surface area contributed by atoms with Crippen molar-refractivity contribution in [2.24, 2.45) is 0 Å². The monoisotopic (exact) mass is 354 g/mol. The summed E-state index contributed by atoms with van der Waals surface area (Å²) in [7, 11) is 0. The Morgan fingerprint density at radius 1 is 1.12 bits per heavy atom. The maximum absolute atomic E-state index is 11.9. The molecule has 0 aromatic heterocycles. The van der Waals surface area contributed by atoms with Gasteiger partial charge in [0, 0.05) is 37.1 Å². The van der Waals surface area contributed by atoms with Crippen LogP contribution in [0.2, 0.25) is 0 Å². The Bertz CT molecular complexity index is 727. The second-order valence-corrected chi connectivity index (χ2v) is 7.11. The molecule has 1 aromatic rings. The Morgan fingerprint density at radius 2 is 1.69 bits per heavy atom. The lowest BCUT2D eigenvalue weighted by Crippen LogP contribution is -2.38. The van der Waals surface area contributed by atoms with Gasteiger partial charge in [-0.1, -0.05) is 50.3 Å². The van der Waals surface area contributed by atoms with Crippen molar-refractivity contribution < 1.29 is 14.4 Å². The summed E-state index contributed by atoms with van der Waals surface area (Å²) in [5.74, 6) is -0.757. The minimum absolute atomic E-state index is 0.0742. The van der Waals surface area contributed by atoms with Gasteiger partial charge in [-0.25, -0.2) is 0 Å². The van der Waals surface area contributed by atoms with Crippen LogP contribution >= 0.6 is 0 Å². The van der Waals surface area contributed by atoms with Crippen LogP contribution in [0.4, 0.5) is 0 Å². The average Bonchev–Trinajstić information content (AvgIpc) is 2.92. The quantitative estimate of drug-likeness (QED) is 0.576. The minimum Gasteiger partial charge on any atom is -0.354 e. The highest BCUT2D eigenvalue weighted by molar-refractivity contribution is 6.12. The van der Waals surface area contributed by atoms with Crippen molar-refractivity contribution in [3.05, 3.63) is 59.7 Å². The molecule has 2 rings (SSSR count). The van der Waals surface area contributed by atoms with Crippen molar-refractivity contribution >= 4 is 17.7 Å². The third-order valence-corrected chi connectivity index (χ3v) is 4.94. The summed E-state index contributed by atoms with van der Waals surface area (Å²) in [6.07, 6.45) is 3.48. The Balaban J connectivity index is 1.76. The fraction of sp³-hybridized carbons (Fsp3) is 0.381. The van der Waals surface area contributed by atoms with E-state index in [1.54, 1.807) is 0 Å². The molecule has 0 spiro atoms. The van der Waals surface area contributed by atoms with Gasteiger partial charge < -0.3 is 5.32 Å². The second-order valence-electron chi connectivity index (χ2n) is 7.11. The average molecular weight is 354 g/mol. The number of benzene rings is 1. The summed E-state index contributed by atoms with van der Waals surface area (Å²) < 4.78 is 0. The molecule has 26 heavy (non-hydrogen) atoms. The molecule has 1 aliphatic rings. The highest BCUT2D eigenvalue weighted by Gasteiger charge is 2.23. The van der Waals surface area contributed by atoms with Crippen molar-refractivity contribution in [3.63, 3.8) is 0 Å². The molecule has 0 saturated heterocycles. The summed E-state index contributed by atoms with van der Waals surface area (Å²) >= 11 is 0. The first-order valence-corrected chi connectivity index (χ1v) is 8.77. The number of hydrogen-bond acceptors (Lipinski definition) is 3. The van der Waals surface area contributed by atoms with E-state index < -0.39 is 0 Å². The third-order valence-electron chi connectivity index (χ3n) is 4.94. The number of aryl methyl sites for hydroxylation is 1. The number of imide groups is 1. The van der Waals surface area contributed by atoms with E-state index in [2.05, 4.69) is 37.9 Å². The second kappa shape index (κ2) is 8.13. The molecule has 3 amide bonds. The lowest BCUT2D eigenvalue weighted by atomic mass is 9.79. The first-order valence-electron chi connectivity index (χ1n) is 8.77. The van der Waals surface area contributed by atoms with Gasteiger partial charge in [0.1, 0.15) is 0 Å². The van der Waals surface area contributed by atoms with E-state index in [4.69, 9.17) is 0 Å². The zero-order chi connectivity index (χ0) is 19.3. The van der Waals surface area contributed by atoms with E-state index in [1.165, 1.54) is 17.7 Å². The largest absolute Gasteiger partial charge is 0.354 e. The summed E-state index contributed by atoms with van der Waals surface area (Å²) in [5.41, 5.74) is 3.33. The molecule has 0 atom stereocenters. The van der Waals surface area contributed by atoms with E-state index in [0.29, 0.717) is 12.8 Å². The van der Waals surface area contributed by atoms with Crippen molar-refractivity contribution in [2.45, 2.75) is 39.0 Å². The molecule has 0 saturated carbocycles. The Hall–Kier alpha value is -2.69. The number of amides is 3.